The molecule has 0 atom stereocenters. The van der Waals surface area contributed by atoms with Crippen LogP contribution >= 0.6 is 11.6 Å². The number of aromatic nitrogens is 1. The Morgan fingerprint density at radius 3 is 2.74 bits per heavy atom. The molecule has 6 nitrogen and oxygen atoms in total. The molecular formula is C12H9ClN2O4. The number of anilines is 1. The Morgan fingerprint density at radius 2 is 2.16 bits per heavy atom. The molecule has 19 heavy (non-hydrogen) atoms. The summed E-state index contributed by atoms with van der Waals surface area (Å²) in [6.07, 6.45) is 0. The van der Waals surface area contributed by atoms with E-state index in [2.05, 4.69) is 10.5 Å². The molecule has 1 amide bonds. The lowest BCUT2D eigenvalue weighted by Gasteiger charge is -2.08. The van der Waals surface area contributed by atoms with Crippen molar-refractivity contribution in [3.05, 3.63) is 46.3 Å². The van der Waals surface area contributed by atoms with Gasteiger partial charge in [0.15, 0.2) is 5.69 Å². The van der Waals surface area contributed by atoms with Gasteiger partial charge in [-0.25, -0.2) is 4.79 Å². The minimum atomic E-state index is -1.19. The molecule has 1 aromatic heterocycles. The quantitative estimate of drug-likeness (QED) is 0.901. The molecule has 7 heteroatoms. The molecule has 0 aliphatic carbocycles. The molecule has 0 spiro atoms. The third-order valence-corrected chi connectivity index (χ3v) is 2.66. The third kappa shape index (κ3) is 2.74. The summed E-state index contributed by atoms with van der Waals surface area (Å²) in [4.78, 5) is 22.9. The Balaban J connectivity index is 2.33. The van der Waals surface area contributed by atoms with Gasteiger partial charge in [-0.1, -0.05) is 22.8 Å². The first-order valence-electron chi connectivity index (χ1n) is 5.25. The highest BCUT2D eigenvalue weighted by Gasteiger charge is 2.18. The lowest BCUT2D eigenvalue weighted by molar-refractivity contribution is 0.0698. The van der Waals surface area contributed by atoms with Crippen LogP contribution < -0.4 is 5.32 Å². The first kappa shape index (κ1) is 13.1. The van der Waals surface area contributed by atoms with Crippen molar-refractivity contribution in [2.75, 3.05) is 5.32 Å². The Bertz CT molecular complexity index is 651. The van der Waals surface area contributed by atoms with Crippen LogP contribution in [0.25, 0.3) is 0 Å². The van der Waals surface area contributed by atoms with Crippen LogP contribution in [0, 0.1) is 6.92 Å². The molecule has 98 valence electrons. The molecule has 0 radical (unpaired) electrons. The number of carbonyl (C=O) groups excluding carboxylic acids is 1. The molecule has 1 heterocycles. The zero-order valence-electron chi connectivity index (χ0n) is 9.81. The Hall–Kier alpha value is -2.34. The highest BCUT2D eigenvalue weighted by atomic mass is 35.5. The van der Waals surface area contributed by atoms with Crippen LogP contribution in [-0.2, 0) is 0 Å². The van der Waals surface area contributed by atoms with Gasteiger partial charge in [-0.05, 0) is 19.1 Å². The van der Waals surface area contributed by atoms with Crippen molar-refractivity contribution in [1.82, 2.24) is 5.16 Å². The van der Waals surface area contributed by atoms with Crippen molar-refractivity contribution in [2.45, 2.75) is 6.92 Å². The van der Waals surface area contributed by atoms with Gasteiger partial charge in [-0.2, -0.15) is 0 Å². The zero-order chi connectivity index (χ0) is 14.0. The molecule has 0 saturated heterocycles. The molecule has 0 unspecified atom stereocenters. The maximum absolute atomic E-state index is 11.9. The molecule has 2 rings (SSSR count). The van der Waals surface area contributed by atoms with Crippen LogP contribution in [0.5, 0.6) is 0 Å². The minimum Gasteiger partial charge on any atom is -0.478 e. The maximum atomic E-state index is 11.9. The molecule has 0 fully saturated rings. The predicted octanol–water partition coefficient (Wildman–Crippen LogP) is 2.59. The number of para-hydroxylation sites is 1. The summed E-state index contributed by atoms with van der Waals surface area (Å²) in [5, 5.41) is 15.1. The topological polar surface area (TPSA) is 92.4 Å². The number of hydrogen-bond donors (Lipinski definition) is 2. The zero-order valence-corrected chi connectivity index (χ0v) is 10.6. The largest absolute Gasteiger partial charge is 0.478 e. The number of carbonyl (C=O) groups is 2. The molecule has 0 bridgehead atoms. The van der Waals surface area contributed by atoms with Crippen LogP contribution in [0.15, 0.2) is 28.8 Å². The van der Waals surface area contributed by atoms with E-state index in [0.717, 1.165) is 0 Å². The normalized spacial score (nSPS) is 10.2. The van der Waals surface area contributed by atoms with E-state index in [1.165, 1.54) is 24.3 Å². The fraction of sp³-hybridized carbons (Fsp3) is 0.0833. The number of carboxylic acid groups (broad SMARTS) is 1. The number of rotatable bonds is 3. The summed E-state index contributed by atoms with van der Waals surface area (Å²) in [7, 11) is 0. The summed E-state index contributed by atoms with van der Waals surface area (Å²) in [6, 6.07) is 5.75. The average Bonchev–Trinajstić information content (AvgIpc) is 2.78. The maximum Gasteiger partial charge on any atom is 0.337 e. The summed E-state index contributed by atoms with van der Waals surface area (Å²) in [5.41, 5.74) is -0.0165. The van der Waals surface area contributed by atoms with Gasteiger partial charge in [-0.15, -0.1) is 0 Å². The van der Waals surface area contributed by atoms with Crippen LogP contribution in [-0.4, -0.2) is 22.1 Å². The second-order valence-corrected chi connectivity index (χ2v) is 4.15. The molecule has 2 aromatic rings. The van der Waals surface area contributed by atoms with E-state index in [1.54, 1.807) is 6.92 Å². The van der Waals surface area contributed by atoms with Gasteiger partial charge in [0, 0.05) is 6.07 Å². The molecule has 0 saturated carbocycles. The van der Waals surface area contributed by atoms with E-state index in [-0.39, 0.29) is 22.0 Å². The highest BCUT2D eigenvalue weighted by Crippen LogP contribution is 2.26. The number of carboxylic acids is 1. The summed E-state index contributed by atoms with van der Waals surface area (Å²) in [5.74, 6) is -1.30. The highest BCUT2D eigenvalue weighted by molar-refractivity contribution is 6.34. The van der Waals surface area contributed by atoms with Crippen molar-refractivity contribution in [2.24, 2.45) is 0 Å². The molecule has 0 aliphatic heterocycles. The number of amides is 1. The van der Waals surface area contributed by atoms with Crippen LogP contribution in [0.3, 0.4) is 0 Å². The summed E-state index contributed by atoms with van der Waals surface area (Å²) >= 11 is 5.89. The van der Waals surface area contributed by atoms with E-state index in [0.29, 0.717) is 5.76 Å². The van der Waals surface area contributed by atoms with Crippen LogP contribution in [0.1, 0.15) is 26.6 Å². The van der Waals surface area contributed by atoms with Crippen molar-refractivity contribution in [3.63, 3.8) is 0 Å². The minimum absolute atomic E-state index is 0.0299. The Labute approximate surface area is 113 Å². The molecular weight excluding hydrogens is 272 g/mol. The number of aromatic carboxylic acids is 1. The number of nitrogens with zero attached hydrogens (tertiary/aromatic N) is 1. The molecule has 1 aromatic carbocycles. The van der Waals surface area contributed by atoms with Crippen molar-refractivity contribution in [1.29, 1.82) is 0 Å². The van der Waals surface area contributed by atoms with Gasteiger partial charge in [-0.3, -0.25) is 4.79 Å². The Kier molecular flexibility index (Phi) is 3.52. The summed E-state index contributed by atoms with van der Waals surface area (Å²) < 4.78 is 4.77. The number of nitrogens with one attached hydrogen (secondary N) is 1. The second kappa shape index (κ2) is 5.11. The summed E-state index contributed by atoms with van der Waals surface area (Å²) in [6.45, 7) is 1.64. The van der Waals surface area contributed by atoms with Gasteiger partial charge in [0.25, 0.3) is 5.91 Å². The van der Waals surface area contributed by atoms with E-state index in [4.69, 9.17) is 21.2 Å². The lowest BCUT2D eigenvalue weighted by atomic mass is 10.1. The van der Waals surface area contributed by atoms with Gasteiger partial charge in [0.2, 0.25) is 0 Å². The van der Waals surface area contributed by atoms with Crippen molar-refractivity contribution in [3.8, 4) is 0 Å². The Morgan fingerprint density at radius 1 is 1.42 bits per heavy atom. The first-order valence-corrected chi connectivity index (χ1v) is 5.63. The average molecular weight is 281 g/mol. The third-order valence-electron chi connectivity index (χ3n) is 2.34. The smallest absolute Gasteiger partial charge is 0.337 e. The SMILES string of the molecule is Cc1cc(C(=O)Nc2c(Cl)cccc2C(=O)O)no1. The van der Waals surface area contributed by atoms with Crippen molar-refractivity contribution >= 4 is 29.2 Å². The van der Waals surface area contributed by atoms with Gasteiger partial charge >= 0.3 is 5.97 Å². The number of aryl methyl sites for hydroxylation is 1. The standard InChI is InChI=1S/C12H9ClN2O4/c1-6-5-9(15-19-6)11(16)14-10-7(12(17)18)3-2-4-8(10)13/h2-5H,1H3,(H,14,16)(H,17,18). The van der Waals surface area contributed by atoms with Gasteiger partial charge < -0.3 is 14.9 Å². The van der Waals surface area contributed by atoms with Crippen LogP contribution in [0.4, 0.5) is 5.69 Å². The fourth-order valence-electron chi connectivity index (χ4n) is 1.48. The monoisotopic (exact) mass is 280 g/mol. The first-order chi connectivity index (χ1) is 8.99. The van der Waals surface area contributed by atoms with E-state index < -0.39 is 11.9 Å². The van der Waals surface area contributed by atoms with Gasteiger partial charge in [0.1, 0.15) is 5.76 Å². The number of hydrogen-bond acceptors (Lipinski definition) is 4. The lowest BCUT2D eigenvalue weighted by Crippen LogP contribution is -2.15. The fourth-order valence-corrected chi connectivity index (χ4v) is 1.70. The second-order valence-electron chi connectivity index (χ2n) is 3.74. The van der Waals surface area contributed by atoms with E-state index in [1.807, 2.05) is 0 Å². The van der Waals surface area contributed by atoms with Crippen LogP contribution in [0.2, 0.25) is 5.02 Å². The molecule has 2 N–H and O–H groups in total. The number of benzene rings is 1. The van der Waals surface area contributed by atoms with Gasteiger partial charge in [0.05, 0.1) is 16.3 Å². The molecule has 0 aliphatic rings. The number of halogens is 1. The van der Waals surface area contributed by atoms with Crippen molar-refractivity contribution < 1.29 is 19.2 Å². The van der Waals surface area contributed by atoms with E-state index in [9.17, 15) is 9.59 Å². The van der Waals surface area contributed by atoms with E-state index >= 15 is 0 Å². The predicted molar refractivity (Wildman–Crippen MR) is 67.6 cm³/mol.